The van der Waals surface area contributed by atoms with Crippen LogP contribution in [0.3, 0.4) is 0 Å². The Kier molecular flexibility index (Phi) is 10.7. The summed E-state index contributed by atoms with van der Waals surface area (Å²) in [5.41, 5.74) is 6.78. The van der Waals surface area contributed by atoms with Crippen LogP contribution in [0.4, 0.5) is 0 Å². The molecule has 0 aliphatic carbocycles. The molecule has 0 radical (unpaired) electrons. The first-order valence-corrected chi connectivity index (χ1v) is 7.02. The number of nitrogens with one attached hydrogen (secondary N) is 1. The van der Waals surface area contributed by atoms with Crippen LogP contribution in [0.5, 0.6) is 0 Å². The summed E-state index contributed by atoms with van der Waals surface area (Å²) >= 11 is 0. The number of carbonyl (C=O) groups excluding carboxylic acids is 1. The van der Waals surface area contributed by atoms with Crippen LogP contribution in [0.1, 0.15) is 25.8 Å². The number of amides is 1. The lowest BCUT2D eigenvalue weighted by Gasteiger charge is -2.20. The van der Waals surface area contributed by atoms with Crippen LogP contribution in [0.25, 0.3) is 0 Å². The van der Waals surface area contributed by atoms with Gasteiger partial charge in [0, 0.05) is 19.6 Å². The van der Waals surface area contributed by atoms with Crippen molar-refractivity contribution in [2.75, 3.05) is 19.6 Å². The summed E-state index contributed by atoms with van der Waals surface area (Å²) in [5, 5.41) is 2.95. The van der Waals surface area contributed by atoms with Crippen molar-refractivity contribution in [3.63, 3.8) is 0 Å². The number of nitrogens with zero attached hydrogens (tertiary/aromatic N) is 2. The van der Waals surface area contributed by atoms with Gasteiger partial charge in [0.2, 0.25) is 5.91 Å². The van der Waals surface area contributed by atoms with E-state index in [1.54, 1.807) is 4.90 Å². The van der Waals surface area contributed by atoms with E-state index in [0.29, 0.717) is 19.0 Å². The molecule has 0 aliphatic rings. The first-order chi connectivity index (χ1) is 9.67. The minimum absolute atomic E-state index is 0. The molecule has 1 aromatic rings. The molecule has 0 aromatic heterocycles. The molecular weight excluding hydrogens is 379 g/mol. The number of benzene rings is 1. The first-order valence-electron chi connectivity index (χ1n) is 7.02. The predicted octanol–water partition coefficient (Wildman–Crippen LogP) is 1.97. The summed E-state index contributed by atoms with van der Waals surface area (Å²) in [4.78, 5) is 17.9. The van der Waals surface area contributed by atoms with Gasteiger partial charge >= 0.3 is 0 Å². The van der Waals surface area contributed by atoms with Gasteiger partial charge in [0.15, 0.2) is 5.96 Å². The molecule has 118 valence electrons. The van der Waals surface area contributed by atoms with E-state index in [9.17, 15) is 4.79 Å². The number of halogens is 1. The molecule has 0 aliphatic heterocycles. The average Bonchev–Trinajstić information content (AvgIpc) is 2.49. The number of carbonyl (C=O) groups is 1. The summed E-state index contributed by atoms with van der Waals surface area (Å²) in [6, 6.07) is 9.93. The zero-order valence-corrected chi connectivity index (χ0v) is 15.0. The van der Waals surface area contributed by atoms with Crippen LogP contribution in [0.15, 0.2) is 35.3 Å². The Morgan fingerprint density at radius 2 is 1.95 bits per heavy atom. The second kappa shape index (κ2) is 11.4. The largest absolute Gasteiger partial charge is 0.370 e. The van der Waals surface area contributed by atoms with Crippen molar-refractivity contribution in [3.05, 3.63) is 35.9 Å². The molecular formula is C15H25IN4O. The van der Waals surface area contributed by atoms with Crippen LogP contribution in [0, 0.1) is 0 Å². The highest BCUT2D eigenvalue weighted by Crippen LogP contribution is 2.04. The average molecular weight is 404 g/mol. The minimum Gasteiger partial charge on any atom is -0.370 e. The van der Waals surface area contributed by atoms with E-state index in [0.717, 1.165) is 18.5 Å². The van der Waals surface area contributed by atoms with Gasteiger partial charge in [0.25, 0.3) is 0 Å². The lowest BCUT2D eigenvalue weighted by Crippen LogP contribution is -2.36. The molecule has 1 aromatic carbocycles. The van der Waals surface area contributed by atoms with E-state index in [4.69, 9.17) is 5.73 Å². The van der Waals surface area contributed by atoms with E-state index in [2.05, 4.69) is 10.3 Å². The van der Waals surface area contributed by atoms with Gasteiger partial charge in [0.05, 0.1) is 0 Å². The lowest BCUT2D eigenvalue weighted by atomic mass is 10.2. The zero-order valence-electron chi connectivity index (χ0n) is 12.7. The molecule has 5 nitrogen and oxygen atoms in total. The van der Waals surface area contributed by atoms with Crippen molar-refractivity contribution < 1.29 is 4.79 Å². The van der Waals surface area contributed by atoms with Gasteiger partial charge in [-0.15, -0.1) is 24.0 Å². The standard InChI is InChI=1S/C15H24N4O.HI/c1-3-10-17-15(16)18-11-14(20)19(4-2)12-13-8-6-5-7-9-13;/h5-9H,3-4,10-12H2,1-2H3,(H3,16,17,18);1H. The van der Waals surface area contributed by atoms with Gasteiger partial charge in [-0.25, -0.2) is 4.99 Å². The number of guanidine groups is 1. The quantitative estimate of drug-likeness (QED) is 0.415. The van der Waals surface area contributed by atoms with Crippen LogP contribution in [0.2, 0.25) is 0 Å². The SMILES string of the molecule is CCCNC(N)=NCC(=O)N(CC)Cc1ccccc1.I. The Labute approximate surface area is 144 Å². The molecule has 6 heteroatoms. The number of hydrogen-bond donors (Lipinski definition) is 2. The Bertz CT molecular complexity index is 437. The fourth-order valence-electron chi connectivity index (χ4n) is 1.74. The van der Waals surface area contributed by atoms with Crippen LogP contribution in [-0.2, 0) is 11.3 Å². The summed E-state index contributed by atoms with van der Waals surface area (Å²) in [7, 11) is 0. The number of rotatable bonds is 7. The molecule has 0 unspecified atom stereocenters. The maximum Gasteiger partial charge on any atom is 0.244 e. The summed E-state index contributed by atoms with van der Waals surface area (Å²) < 4.78 is 0. The Balaban J connectivity index is 0.00000400. The molecule has 0 spiro atoms. The third-order valence-electron chi connectivity index (χ3n) is 2.89. The molecule has 0 saturated carbocycles. The Morgan fingerprint density at radius 1 is 1.29 bits per heavy atom. The second-order valence-electron chi connectivity index (χ2n) is 4.52. The van der Waals surface area contributed by atoms with E-state index < -0.39 is 0 Å². The van der Waals surface area contributed by atoms with Crippen molar-refractivity contribution in [2.24, 2.45) is 10.7 Å². The minimum atomic E-state index is -0.0161. The number of hydrogen-bond acceptors (Lipinski definition) is 2. The highest BCUT2D eigenvalue weighted by molar-refractivity contribution is 14.0. The van der Waals surface area contributed by atoms with Gasteiger partial charge in [-0.2, -0.15) is 0 Å². The first kappa shape index (κ1) is 19.7. The molecule has 1 rings (SSSR count). The van der Waals surface area contributed by atoms with Crippen LogP contribution < -0.4 is 11.1 Å². The fraction of sp³-hybridized carbons (Fsp3) is 0.467. The van der Waals surface area contributed by atoms with Crippen molar-refractivity contribution in [1.29, 1.82) is 0 Å². The van der Waals surface area contributed by atoms with Crippen LogP contribution >= 0.6 is 24.0 Å². The molecule has 21 heavy (non-hydrogen) atoms. The van der Waals surface area contributed by atoms with Crippen molar-refractivity contribution in [3.8, 4) is 0 Å². The van der Waals surface area contributed by atoms with Crippen molar-refractivity contribution in [1.82, 2.24) is 10.2 Å². The van der Waals surface area contributed by atoms with Gasteiger partial charge < -0.3 is 16.0 Å². The summed E-state index contributed by atoms with van der Waals surface area (Å²) in [6.07, 6.45) is 0.971. The normalized spacial score (nSPS) is 10.7. The predicted molar refractivity (Wildman–Crippen MR) is 97.7 cm³/mol. The van der Waals surface area contributed by atoms with Gasteiger partial charge in [0.1, 0.15) is 6.54 Å². The smallest absolute Gasteiger partial charge is 0.244 e. The Morgan fingerprint density at radius 3 is 2.52 bits per heavy atom. The number of aliphatic imine (C=N–C) groups is 1. The molecule has 0 atom stereocenters. The molecule has 0 fully saturated rings. The highest BCUT2D eigenvalue weighted by Gasteiger charge is 2.11. The van der Waals surface area contributed by atoms with Gasteiger partial charge in [-0.3, -0.25) is 4.79 Å². The maximum absolute atomic E-state index is 12.1. The van der Waals surface area contributed by atoms with Crippen molar-refractivity contribution >= 4 is 35.8 Å². The fourth-order valence-corrected chi connectivity index (χ4v) is 1.74. The number of likely N-dealkylation sites (N-methyl/N-ethyl adjacent to an activating group) is 1. The maximum atomic E-state index is 12.1. The number of nitrogens with two attached hydrogens (primary N) is 1. The van der Waals surface area contributed by atoms with E-state index in [1.165, 1.54) is 0 Å². The third-order valence-corrected chi connectivity index (χ3v) is 2.89. The second-order valence-corrected chi connectivity index (χ2v) is 4.52. The van der Waals surface area contributed by atoms with Gasteiger partial charge in [-0.05, 0) is 18.9 Å². The molecule has 0 saturated heterocycles. The molecule has 1 amide bonds. The third kappa shape index (κ3) is 7.89. The van der Waals surface area contributed by atoms with E-state index >= 15 is 0 Å². The summed E-state index contributed by atoms with van der Waals surface area (Å²) in [6.45, 7) is 6.13. The lowest BCUT2D eigenvalue weighted by molar-refractivity contribution is -0.130. The highest BCUT2D eigenvalue weighted by atomic mass is 127. The zero-order chi connectivity index (χ0) is 14.8. The topological polar surface area (TPSA) is 70.7 Å². The van der Waals surface area contributed by atoms with Crippen LogP contribution in [-0.4, -0.2) is 36.4 Å². The van der Waals surface area contributed by atoms with E-state index in [1.807, 2.05) is 44.2 Å². The summed E-state index contributed by atoms with van der Waals surface area (Å²) in [5.74, 6) is 0.313. The Hall–Kier alpha value is -1.31. The van der Waals surface area contributed by atoms with Crippen molar-refractivity contribution in [2.45, 2.75) is 26.8 Å². The molecule has 0 heterocycles. The molecule has 3 N–H and O–H groups in total. The monoisotopic (exact) mass is 404 g/mol. The van der Waals surface area contributed by atoms with E-state index in [-0.39, 0.29) is 36.4 Å². The molecule has 0 bridgehead atoms. The van der Waals surface area contributed by atoms with Gasteiger partial charge in [-0.1, -0.05) is 37.3 Å².